The molecule has 4 aromatic rings. The molecule has 152 valence electrons. The molecule has 0 saturated heterocycles. The van der Waals surface area contributed by atoms with Gasteiger partial charge in [-0.2, -0.15) is 4.98 Å². The van der Waals surface area contributed by atoms with Gasteiger partial charge < -0.3 is 5.32 Å². The van der Waals surface area contributed by atoms with Crippen molar-refractivity contribution in [2.24, 2.45) is 0 Å². The Morgan fingerprint density at radius 2 is 1.87 bits per heavy atom. The molecular formula is C22H21ClN6O. The monoisotopic (exact) mass is 420 g/mol. The van der Waals surface area contributed by atoms with Crippen LogP contribution in [0.5, 0.6) is 0 Å². The van der Waals surface area contributed by atoms with E-state index in [1.54, 1.807) is 29.2 Å². The first-order chi connectivity index (χ1) is 14.5. The van der Waals surface area contributed by atoms with Crippen LogP contribution in [0.4, 0.5) is 5.95 Å². The molecule has 4 rings (SSSR count). The standard InChI is InChI=1S/C22H21ClN6O/c1-4-24-22-27-12-15-10-17(21(30)29(5-2)20(15)28-22)16-7-6-14(11-18(16)23)19-13(3)25-8-9-26-19/h6-12H,4-5H2,1-3H3,(H,24,27,28). The zero-order valence-corrected chi connectivity index (χ0v) is 17.7. The summed E-state index contributed by atoms with van der Waals surface area (Å²) < 4.78 is 1.64. The number of aryl methyl sites for hydroxylation is 2. The molecule has 0 spiro atoms. The Kier molecular flexibility index (Phi) is 5.46. The van der Waals surface area contributed by atoms with E-state index in [9.17, 15) is 4.79 Å². The second-order valence-corrected chi connectivity index (χ2v) is 7.20. The molecule has 1 aromatic carbocycles. The summed E-state index contributed by atoms with van der Waals surface area (Å²) in [6, 6.07) is 7.37. The number of pyridine rings is 1. The quantitative estimate of drug-likeness (QED) is 0.517. The fourth-order valence-electron chi connectivity index (χ4n) is 3.46. The Hall–Kier alpha value is -3.32. The third-order valence-electron chi connectivity index (χ3n) is 4.89. The molecule has 1 N–H and O–H groups in total. The van der Waals surface area contributed by atoms with E-state index >= 15 is 0 Å². The van der Waals surface area contributed by atoms with Crippen molar-refractivity contribution in [3.8, 4) is 22.4 Å². The maximum atomic E-state index is 13.2. The van der Waals surface area contributed by atoms with E-state index in [1.807, 2.05) is 39.0 Å². The first-order valence-corrected chi connectivity index (χ1v) is 10.1. The lowest BCUT2D eigenvalue weighted by molar-refractivity contribution is 0.750. The molecule has 0 atom stereocenters. The Bertz CT molecular complexity index is 1300. The minimum Gasteiger partial charge on any atom is -0.354 e. The van der Waals surface area contributed by atoms with Crippen LogP contribution in [0.15, 0.2) is 47.7 Å². The molecule has 7 nitrogen and oxygen atoms in total. The van der Waals surface area contributed by atoms with E-state index in [-0.39, 0.29) is 5.56 Å². The van der Waals surface area contributed by atoms with Crippen LogP contribution in [0, 0.1) is 6.92 Å². The number of benzene rings is 1. The van der Waals surface area contributed by atoms with E-state index in [2.05, 4.69) is 25.3 Å². The van der Waals surface area contributed by atoms with Gasteiger partial charge in [0.15, 0.2) is 0 Å². The molecule has 0 saturated carbocycles. The minimum atomic E-state index is -0.142. The molecular weight excluding hydrogens is 400 g/mol. The summed E-state index contributed by atoms with van der Waals surface area (Å²) in [7, 11) is 0. The van der Waals surface area contributed by atoms with Crippen LogP contribution in [0.2, 0.25) is 5.02 Å². The summed E-state index contributed by atoms with van der Waals surface area (Å²) in [5.41, 5.74) is 4.05. The van der Waals surface area contributed by atoms with E-state index in [0.29, 0.717) is 40.8 Å². The van der Waals surface area contributed by atoms with Crippen LogP contribution in [-0.4, -0.2) is 31.0 Å². The minimum absolute atomic E-state index is 0.142. The number of fused-ring (bicyclic) bond motifs is 1. The van der Waals surface area contributed by atoms with Crippen LogP contribution in [0.1, 0.15) is 19.5 Å². The van der Waals surface area contributed by atoms with Crippen LogP contribution < -0.4 is 10.9 Å². The van der Waals surface area contributed by atoms with Gasteiger partial charge in [0.25, 0.3) is 5.56 Å². The van der Waals surface area contributed by atoms with Crippen molar-refractivity contribution in [1.82, 2.24) is 24.5 Å². The molecule has 3 heterocycles. The van der Waals surface area contributed by atoms with Crippen molar-refractivity contribution >= 4 is 28.6 Å². The molecule has 0 aliphatic rings. The highest BCUT2D eigenvalue weighted by Gasteiger charge is 2.16. The van der Waals surface area contributed by atoms with Crippen LogP contribution >= 0.6 is 11.6 Å². The van der Waals surface area contributed by atoms with Gasteiger partial charge >= 0.3 is 0 Å². The van der Waals surface area contributed by atoms with E-state index < -0.39 is 0 Å². The zero-order chi connectivity index (χ0) is 21.3. The number of aromatic nitrogens is 5. The number of anilines is 1. The highest BCUT2D eigenvalue weighted by molar-refractivity contribution is 6.33. The predicted octanol–water partition coefficient (Wildman–Crippen LogP) is 4.33. The number of nitrogens with zero attached hydrogens (tertiary/aromatic N) is 5. The average molecular weight is 421 g/mol. The van der Waals surface area contributed by atoms with Crippen molar-refractivity contribution in [1.29, 1.82) is 0 Å². The molecule has 0 bridgehead atoms. The van der Waals surface area contributed by atoms with Gasteiger partial charge in [-0.15, -0.1) is 0 Å². The third kappa shape index (κ3) is 3.52. The van der Waals surface area contributed by atoms with Gasteiger partial charge in [-0.3, -0.25) is 19.3 Å². The van der Waals surface area contributed by atoms with Gasteiger partial charge in [0, 0.05) is 58.8 Å². The Balaban J connectivity index is 1.87. The number of nitrogens with one attached hydrogen (secondary N) is 1. The molecule has 0 aliphatic carbocycles. The fourth-order valence-corrected chi connectivity index (χ4v) is 3.74. The third-order valence-corrected chi connectivity index (χ3v) is 5.20. The van der Waals surface area contributed by atoms with Crippen LogP contribution in [-0.2, 0) is 6.54 Å². The first kappa shape index (κ1) is 20.0. The second kappa shape index (κ2) is 8.20. The van der Waals surface area contributed by atoms with E-state index in [4.69, 9.17) is 11.6 Å². The Morgan fingerprint density at radius 1 is 1.07 bits per heavy atom. The number of hydrogen-bond donors (Lipinski definition) is 1. The normalized spacial score (nSPS) is 11.1. The Morgan fingerprint density at radius 3 is 2.57 bits per heavy atom. The zero-order valence-electron chi connectivity index (χ0n) is 17.0. The van der Waals surface area contributed by atoms with Crippen molar-refractivity contribution in [2.75, 3.05) is 11.9 Å². The molecule has 0 fully saturated rings. The molecule has 30 heavy (non-hydrogen) atoms. The first-order valence-electron chi connectivity index (χ1n) is 9.75. The molecule has 3 aromatic heterocycles. The predicted molar refractivity (Wildman–Crippen MR) is 120 cm³/mol. The van der Waals surface area contributed by atoms with Crippen molar-refractivity contribution in [3.05, 3.63) is 63.9 Å². The number of rotatable bonds is 5. The summed E-state index contributed by atoms with van der Waals surface area (Å²) in [6.45, 7) is 6.97. The van der Waals surface area contributed by atoms with Crippen LogP contribution in [0.3, 0.4) is 0 Å². The Labute approximate surface area is 178 Å². The summed E-state index contributed by atoms with van der Waals surface area (Å²) in [5, 5.41) is 4.33. The van der Waals surface area contributed by atoms with Gasteiger partial charge in [-0.05, 0) is 32.9 Å². The van der Waals surface area contributed by atoms with Gasteiger partial charge in [-0.1, -0.05) is 23.7 Å². The molecule has 8 heteroatoms. The van der Waals surface area contributed by atoms with Gasteiger partial charge in [0.2, 0.25) is 5.95 Å². The van der Waals surface area contributed by atoms with Gasteiger partial charge in [-0.25, -0.2) is 4.98 Å². The van der Waals surface area contributed by atoms with E-state index in [1.165, 1.54) is 0 Å². The smallest absolute Gasteiger partial charge is 0.260 e. The SMILES string of the molecule is CCNc1ncc2cc(-c3ccc(-c4nccnc4C)cc3Cl)c(=O)n(CC)c2n1. The average Bonchev–Trinajstić information content (AvgIpc) is 2.74. The summed E-state index contributed by atoms with van der Waals surface area (Å²) in [5.74, 6) is 0.501. The molecule has 0 radical (unpaired) electrons. The highest BCUT2D eigenvalue weighted by atomic mass is 35.5. The van der Waals surface area contributed by atoms with Gasteiger partial charge in [0.1, 0.15) is 5.65 Å². The summed E-state index contributed by atoms with van der Waals surface area (Å²) >= 11 is 6.61. The molecule has 0 amide bonds. The summed E-state index contributed by atoms with van der Waals surface area (Å²) in [6.07, 6.45) is 5.02. The van der Waals surface area contributed by atoms with Crippen molar-refractivity contribution < 1.29 is 0 Å². The topological polar surface area (TPSA) is 85.6 Å². The second-order valence-electron chi connectivity index (χ2n) is 6.80. The molecule has 0 unspecified atom stereocenters. The lowest BCUT2D eigenvalue weighted by Gasteiger charge is -2.13. The van der Waals surface area contributed by atoms with Crippen LogP contribution in [0.25, 0.3) is 33.4 Å². The highest BCUT2D eigenvalue weighted by Crippen LogP contribution is 2.32. The lowest BCUT2D eigenvalue weighted by Crippen LogP contribution is -2.22. The number of hydrogen-bond acceptors (Lipinski definition) is 6. The lowest BCUT2D eigenvalue weighted by atomic mass is 10.0. The van der Waals surface area contributed by atoms with Gasteiger partial charge in [0.05, 0.1) is 11.4 Å². The van der Waals surface area contributed by atoms with Crippen molar-refractivity contribution in [3.63, 3.8) is 0 Å². The maximum absolute atomic E-state index is 13.2. The fraction of sp³-hybridized carbons (Fsp3) is 0.227. The summed E-state index contributed by atoms with van der Waals surface area (Å²) in [4.78, 5) is 30.8. The molecule has 0 aliphatic heterocycles. The maximum Gasteiger partial charge on any atom is 0.260 e. The van der Waals surface area contributed by atoms with E-state index in [0.717, 1.165) is 22.3 Å². The van der Waals surface area contributed by atoms with Crippen molar-refractivity contribution in [2.45, 2.75) is 27.3 Å². The number of halogens is 1. The largest absolute Gasteiger partial charge is 0.354 e.